The van der Waals surface area contributed by atoms with E-state index in [1.165, 1.54) is 0 Å². The van der Waals surface area contributed by atoms with Crippen LogP contribution in [0.4, 0.5) is 0 Å². The second-order valence-corrected chi connectivity index (χ2v) is 7.32. The van der Waals surface area contributed by atoms with Crippen molar-refractivity contribution in [3.63, 3.8) is 0 Å². The van der Waals surface area contributed by atoms with Crippen LogP contribution in [0, 0.1) is 0 Å². The van der Waals surface area contributed by atoms with Crippen molar-refractivity contribution in [1.82, 2.24) is 15.5 Å². The number of carbonyl (C=O) groups excluding carboxylic acids is 2. The Morgan fingerprint density at radius 2 is 1.68 bits per heavy atom. The standard InChI is InChI=1S/C10H17N3O6S.C7H9NO2.C2H7NS/c11-5(10(18)19)1-2-7(14)13-6(4-20)9(17)12-3-8(15)16;9-7(10)6-8-4-2-1-3-5-8;3-1-2-4/h5-6,20H,1-4,11H2,(H,12,17)(H,13,14)(H,15,16)(H,18,19);1-4H,5-6H2,(H,9,10);4H,1-3H2. The number of nitrogens with two attached hydrogens (primary N) is 2. The smallest absolute Gasteiger partial charge is 0.323 e. The van der Waals surface area contributed by atoms with Crippen LogP contribution in [0.15, 0.2) is 24.4 Å². The summed E-state index contributed by atoms with van der Waals surface area (Å²) in [6, 6.07) is -2.15. The van der Waals surface area contributed by atoms with Gasteiger partial charge in [-0.2, -0.15) is 25.3 Å². The van der Waals surface area contributed by atoms with Crippen LogP contribution in [0.3, 0.4) is 0 Å². The Morgan fingerprint density at radius 3 is 2.09 bits per heavy atom. The number of hydrogen-bond donors (Lipinski definition) is 9. The lowest BCUT2D eigenvalue weighted by atomic mass is 10.1. The van der Waals surface area contributed by atoms with Crippen LogP contribution >= 0.6 is 25.3 Å². The molecule has 1 heterocycles. The van der Waals surface area contributed by atoms with Gasteiger partial charge in [0.25, 0.3) is 0 Å². The van der Waals surface area contributed by atoms with Crippen molar-refractivity contribution in [3.05, 3.63) is 24.4 Å². The largest absolute Gasteiger partial charge is 0.480 e. The van der Waals surface area contributed by atoms with E-state index < -0.39 is 48.4 Å². The van der Waals surface area contributed by atoms with E-state index >= 15 is 0 Å². The van der Waals surface area contributed by atoms with Crippen molar-refractivity contribution in [3.8, 4) is 0 Å². The van der Waals surface area contributed by atoms with Gasteiger partial charge in [0.1, 0.15) is 25.2 Å². The molecule has 0 saturated heterocycles. The number of nitrogens with one attached hydrogen (secondary N) is 2. The highest BCUT2D eigenvalue weighted by Gasteiger charge is 2.20. The van der Waals surface area contributed by atoms with Gasteiger partial charge in [-0.1, -0.05) is 12.2 Å². The summed E-state index contributed by atoms with van der Waals surface area (Å²) in [5.41, 5.74) is 10.2. The third kappa shape index (κ3) is 19.9. The fourth-order valence-corrected chi connectivity index (χ4v) is 2.21. The molecule has 0 aliphatic carbocycles. The van der Waals surface area contributed by atoms with E-state index in [4.69, 9.17) is 26.8 Å². The molecule has 2 atom stereocenters. The van der Waals surface area contributed by atoms with Crippen molar-refractivity contribution in [2.24, 2.45) is 11.5 Å². The van der Waals surface area contributed by atoms with Gasteiger partial charge in [-0.15, -0.1) is 0 Å². The Labute approximate surface area is 208 Å². The molecule has 0 radical (unpaired) electrons. The molecule has 1 aliphatic rings. The molecule has 0 aromatic heterocycles. The van der Waals surface area contributed by atoms with Crippen molar-refractivity contribution in [2.75, 3.05) is 37.7 Å². The first kappa shape index (κ1) is 33.4. The highest BCUT2D eigenvalue weighted by Crippen LogP contribution is 1.98. The van der Waals surface area contributed by atoms with E-state index in [-0.39, 0.29) is 25.1 Å². The maximum atomic E-state index is 11.5. The summed E-state index contributed by atoms with van der Waals surface area (Å²) in [6.45, 7) is 0.898. The topological polar surface area (TPSA) is 225 Å². The molecule has 34 heavy (non-hydrogen) atoms. The number of aliphatic carboxylic acids is 3. The van der Waals surface area contributed by atoms with Gasteiger partial charge in [0.05, 0.1) is 0 Å². The van der Waals surface area contributed by atoms with Crippen LogP contribution < -0.4 is 22.1 Å². The molecule has 2 amide bonds. The zero-order valence-corrected chi connectivity index (χ0v) is 20.3. The van der Waals surface area contributed by atoms with Crippen LogP contribution in [0.25, 0.3) is 0 Å². The first-order chi connectivity index (χ1) is 16.0. The fourth-order valence-electron chi connectivity index (χ4n) is 1.95. The molecule has 0 spiro atoms. The Balaban J connectivity index is 0. The van der Waals surface area contributed by atoms with Gasteiger partial charge < -0.3 is 42.3 Å². The van der Waals surface area contributed by atoms with Gasteiger partial charge in [0, 0.05) is 31.0 Å². The summed E-state index contributed by atoms with van der Waals surface area (Å²) in [6.07, 6.45) is 7.18. The van der Waals surface area contributed by atoms with Gasteiger partial charge in [-0.3, -0.25) is 24.0 Å². The molecular weight excluding hydrogens is 490 g/mol. The fraction of sp³-hybridized carbons (Fsp3) is 0.526. The molecule has 0 bridgehead atoms. The molecule has 0 aromatic rings. The molecule has 2 unspecified atom stereocenters. The van der Waals surface area contributed by atoms with Crippen molar-refractivity contribution in [1.29, 1.82) is 0 Å². The lowest BCUT2D eigenvalue weighted by Crippen LogP contribution is -2.49. The van der Waals surface area contributed by atoms with Gasteiger partial charge >= 0.3 is 17.9 Å². The van der Waals surface area contributed by atoms with Crippen LogP contribution in [0.2, 0.25) is 0 Å². The number of allylic oxidation sites excluding steroid dienone is 2. The number of amides is 2. The van der Waals surface area contributed by atoms with Gasteiger partial charge in [-0.05, 0) is 18.7 Å². The van der Waals surface area contributed by atoms with E-state index in [1.807, 2.05) is 18.2 Å². The monoisotopic (exact) mass is 523 g/mol. The lowest BCUT2D eigenvalue weighted by Gasteiger charge is -2.16. The van der Waals surface area contributed by atoms with E-state index in [0.29, 0.717) is 13.1 Å². The first-order valence-electron chi connectivity index (χ1n) is 9.96. The minimum Gasteiger partial charge on any atom is -0.480 e. The summed E-state index contributed by atoms with van der Waals surface area (Å²) < 4.78 is 0. The SMILES string of the molecule is NC(CCC(=O)NC(CS)C(=O)NCC(=O)O)C(=O)O.NCCS.O=C(O)CN1C=CC=CC1. The molecule has 1 aliphatic heterocycles. The number of hydrogen-bond acceptors (Lipinski definition) is 10. The molecule has 0 aromatic carbocycles. The van der Waals surface area contributed by atoms with Gasteiger partial charge in [-0.25, -0.2) is 0 Å². The Kier molecular flexibility index (Phi) is 20.5. The van der Waals surface area contributed by atoms with E-state index in [1.54, 1.807) is 11.1 Å². The quantitative estimate of drug-likeness (QED) is 0.129. The first-order valence-corrected chi connectivity index (χ1v) is 11.2. The van der Waals surface area contributed by atoms with Crippen LogP contribution in [-0.4, -0.2) is 99.7 Å². The zero-order chi connectivity index (χ0) is 26.5. The number of carboxylic acid groups (broad SMARTS) is 3. The summed E-state index contributed by atoms with van der Waals surface area (Å²) in [5, 5.41) is 29.7. The third-order valence-corrected chi connectivity index (χ3v) is 4.22. The second-order valence-electron chi connectivity index (χ2n) is 6.50. The van der Waals surface area contributed by atoms with Gasteiger partial charge in [0.2, 0.25) is 11.8 Å². The van der Waals surface area contributed by atoms with E-state index in [9.17, 15) is 24.0 Å². The van der Waals surface area contributed by atoms with Crippen LogP contribution in [-0.2, 0) is 24.0 Å². The predicted octanol–water partition coefficient (Wildman–Crippen LogP) is -1.87. The number of carbonyl (C=O) groups is 5. The maximum absolute atomic E-state index is 11.5. The number of rotatable bonds is 12. The van der Waals surface area contributed by atoms with Gasteiger partial charge in [0.15, 0.2) is 0 Å². The van der Waals surface area contributed by atoms with Crippen molar-refractivity contribution in [2.45, 2.75) is 24.9 Å². The molecular formula is C19H33N5O8S2. The molecule has 13 nitrogen and oxygen atoms in total. The predicted molar refractivity (Wildman–Crippen MR) is 132 cm³/mol. The Morgan fingerprint density at radius 1 is 1.06 bits per heavy atom. The summed E-state index contributed by atoms with van der Waals surface area (Å²) in [7, 11) is 0. The summed E-state index contributed by atoms with van der Waals surface area (Å²) in [5.74, 6) is -3.70. The number of thiol groups is 2. The van der Waals surface area contributed by atoms with E-state index in [2.05, 4.69) is 35.9 Å². The number of carboxylic acids is 3. The summed E-state index contributed by atoms with van der Waals surface area (Å²) in [4.78, 5) is 55.6. The average molecular weight is 524 g/mol. The van der Waals surface area contributed by atoms with Crippen LogP contribution in [0.5, 0.6) is 0 Å². The molecule has 0 fully saturated rings. The lowest BCUT2D eigenvalue weighted by molar-refractivity contribution is -0.139. The third-order valence-electron chi connectivity index (χ3n) is 3.60. The second kappa shape index (κ2) is 20.8. The normalized spacial score (nSPS) is 13.2. The minimum absolute atomic E-state index is 0.0256. The Hall–Kier alpha value is -2.75. The molecule has 194 valence electrons. The Bertz CT molecular complexity index is 719. The molecule has 1 rings (SSSR count). The maximum Gasteiger partial charge on any atom is 0.323 e. The highest BCUT2D eigenvalue weighted by molar-refractivity contribution is 7.80. The summed E-state index contributed by atoms with van der Waals surface area (Å²) >= 11 is 7.67. The highest BCUT2D eigenvalue weighted by atomic mass is 32.1. The van der Waals surface area contributed by atoms with Crippen molar-refractivity contribution >= 4 is 55.0 Å². The minimum atomic E-state index is -1.22. The van der Waals surface area contributed by atoms with E-state index in [0.717, 1.165) is 5.75 Å². The average Bonchev–Trinajstić information content (AvgIpc) is 2.80. The zero-order valence-electron chi connectivity index (χ0n) is 18.5. The number of nitrogens with zero attached hydrogens (tertiary/aromatic N) is 1. The molecule has 9 N–H and O–H groups in total. The molecule has 0 saturated carbocycles. The van der Waals surface area contributed by atoms with Crippen molar-refractivity contribution < 1.29 is 39.3 Å². The molecule has 15 heteroatoms. The van der Waals surface area contributed by atoms with Crippen LogP contribution in [0.1, 0.15) is 12.8 Å².